The van der Waals surface area contributed by atoms with E-state index in [-0.39, 0.29) is 5.91 Å². The van der Waals surface area contributed by atoms with E-state index < -0.39 is 0 Å². The van der Waals surface area contributed by atoms with E-state index in [0.717, 1.165) is 70.8 Å². The maximum atomic E-state index is 12.5. The van der Waals surface area contributed by atoms with Crippen molar-refractivity contribution in [2.75, 3.05) is 52.4 Å². The molecular weight excluding hydrogens is 366 g/mol. The molecule has 2 amide bonds. The third-order valence-electron chi connectivity index (χ3n) is 6.23. The van der Waals surface area contributed by atoms with Crippen LogP contribution in [0.1, 0.15) is 39.0 Å². The highest BCUT2D eigenvalue weighted by molar-refractivity contribution is 5.77. The standard InChI is InChI=1S/C23H35N3O3/c1-2-24-15-17-26(18-16-24)22(27)9-8-20-10-13-25(14-11-20)23(28)12-19-29-21-6-4-3-5-7-21/h3-7,20H,2,8-19H2,1H3. The van der Waals surface area contributed by atoms with Gasteiger partial charge in [-0.2, -0.15) is 0 Å². The first kappa shape index (κ1) is 21.6. The molecule has 0 spiro atoms. The molecule has 2 fully saturated rings. The SMILES string of the molecule is CCN1CCN(C(=O)CCC2CCN(C(=O)CCOc3ccccc3)CC2)CC1. The highest BCUT2D eigenvalue weighted by Crippen LogP contribution is 2.23. The molecule has 2 aliphatic heterocycles. The molecule has 1 aromatic carbocycles. The predicted molar refractivity (Wildman–Crippen MR) is 114 cm³/mol. The quantitative estimate of drug-likeness (QED) is 0.672. The first-order valence-electron chi connectivity index (χ1n) is 11.1. The molecule has 0 saturated carbocycles. The van der Waals surface area contributed by atoms with Crippen molar-refractivity contribution >= 4 is 11.8 Å². The molecule has 6 heteroatoms. The van der Waals surface area contributed by atoms with E-state index in [1.54, 1.807) is 0 Å². The van der Waals surface area contributed by atoms with Gasteiger partial charge in [0.25, 0.3) is 0 Å². The lowest BCUT2D eigenvalue weighted by molar-refractivity contribution is -0.135. The smallest absolute Gasteiger partial charge is 0.225 e. The Kier molecular flexibility index (Phi) is 8.35. The van der Waals surface area contributed by atoms with Crippen molar-refractivity contribution < 1.29 is 14.3 Å². The van der Waals surface area contributed by atoms with E-state index in [4.69, 9.17) is 4.74 Å². The molecule has 29 heavy (non-hydrogen) atoms. The minimum Gasteiger partial charge on any atom is -0.493 e. The van der Waals surface area contributed by atoms with Gasteiger partial charge in [-0.3, -0.25) is 9.59 Å². The number of piperidine rings is 1. The van der Waals surface area contributed by atoms with Crippen molar-refractivity contribution in [2.45, 2.75) is 39.0 Å². The van der Waals surface area contributed by atoms with Crippen molar-refractivity contribution in [3.8, 4) is 5.75 Å². The van der Waals surface area contributed by atoms with E-state index >= 15 is 0 Å². The summed E-state index contributed by atoms with van der Waals surface area (Å²) < 4.78 is 5.63. The average molecular weight is 402 g/mol. The number of piperazine rings is 1. The summed E-state index contributed by atoms with van der Waals surface area (Å²) in [5, 5.41) is 0. The fourth-order valence-corrected chi connectivity index (χ4v) is 4.20. The minimum atomic E-state index is 0.171. The number of carbonyl (C=O) groups excluding carboxylic acids is 2. The molecule has 0 N–H and O–H groups in total. The van der Waals surface area contributed by atoms with Gasteiger partial charge in [0, 0.05) is 45.7 Å². The van der Waals surface area contributed by atoms with Gasteiger partial charge >= 0.3 is 0 Å². The number of para-hydroxylation sites is 1. The van der Waals surface area contributed by atoms with E-state index in [0.29, 0.717) is 31.3 Å². The zero-order chi connectivity index (χ0) is 20.5. The summed E-state index contributed by atoms with van der Waals surface area (Å²) in [4.78, 5) is 31.2. The zero-order valence-electron chi connectivity index (χ0n) is 17.7. The van der Waals surface area contributed by atoms with Crippen molar-refractivity contribution in [3.05, 3.63) is 30.3 Å². The highest BCUT2D eigenvalue weighted by Gasteiger charge is 2.25. The lowest BCUT2D eigenvalue weighted by Gasteiger charge is -2.35. The number of rotatable bonds is 8. The van der Waals surface area contributed by atoms with Crippen molar-refractivity contribution in [2.24, 2.45) is 5.92 Å². The molecule has 0 aromatic heterocycles. The Balaban J connectivity index is 1.29. The lowest BCUT2D eigenvalue weighted by atomic mass is 9.91. The normalized spacial score (nSPS) is 18.7. The lowest BCUT2D eigenvalue weighted by Crippen LogP contribution is -2.48. The fourth-order valence-electron chi connectivity index (χ4n) is 4.20. The number of hydrogen-bond acceptors (Lipinski definition) is 4. The summed E-state index contributed by atoms with van der Waals surface area (Å²) in [5.41, 5.74) is 0. The molecule has 3 rings (SSSR count). The molecule has 2 saturated heterocycles. The summed E-state index contributed by atoms with van der Waals surface area (Å²) >= 11 is 0. The van der Waals surface area contributed by atoms with Crippen LogP contribution in [0.5, 0.6) is 5.75 Å². The molecule has 2 aliphatic rings. The average Bonchev–Trinajstić information content (AvgIpc) is 2.78. The van der Waals surface area contributed by atoms with Crippen LogP contribution in [0.25, 0.3) is 0 Å². The first-order valence-corrected chi connectivity index (χ1v) is 11.1. The Bertz CT molecular complexity index is 636. The van der Waals surface area contributed by atoms with E-state index in [2.05, 4.69) is 11.8 Å². The van der Waals surface area contributed by atoms with Gasteiger partial charge in [-0.15, -0.1) is 0 Å². The van der Waals surface area contributed by atoms with Crippen LogP contribution in [0.15, 0.2) is 30.3 Å². The van der Waals surface area contributed by atoms with Crippen LogP contribution in [0.4, 0.5) is 0 Å². The Hall–Kier alpha value is -2.08. The zero-order valence-corrected chi connectivity index (χ0v) is 17.7. The number of carbonyl (C=O) groups is 2. The van der Waals surface area contributed by atoms with E-state index in [1.807, 2.05) is 40.1 Å². The third kappa shape index (κ3) is 6.74. The number of nitrogens with zero attached hydrogens (tertiary/aromatic N) is 3. The van der Waals surface area contributed by atoms with Crippen LogP contribution < -0.4 is 4.74 Å². The highest BCUT2D eigenvalue weighted by atomic mass is 16.5. The molecule has 0 aliphatic carbocycles. The maximum absolute atomic E-state index is 12.5. The molecule has 2 heterocycles. The summed E-state index contributed by atoms with van der Waals surface area (Å²) in [6.45, 7) is 8.99. The Morgan fingerprint density at radius 3 is 2.17 bits per heavy atom. The van der Waals surface area contributed by atoms with Crippen LogP contribution >= 0.6 is 0 Å². The second kappa shape index (κ2) is 11.2. The minimum absolute atomic E-state index is 0.171. The predicted octanol–water partition coefficient (Wildman–Crippen LogP) is 2.64. The number of ether oxygens (including phenoxy) is 1. The summed E-state index contributed by atoms with van der Waals surface area (Å²) in [5.74, 6) is 1.84. The summed E-state index contributed by atoms with van der Waals surface area (Å²) in [6, 6.07) is 9.61. The Morgan fingerprint density at radius 1 is 0.897 bits per heavy atom. The maximum Gasteiger partial charge on any atom is 0.225 e. The number of benzene rings is 1. The van der Waals surface area contributed by atoms with Gasteiger partial charge in [0.1, 0.15) is 5.75 Å². The van der Waals surface area contributed by atoms with Crippen LogP contribution in [-0.2, 0) is 9.59 Å². The van der Waals surface area contributed by atoms with Gasteiger partial charge in [0.05, 0.1) is 13.0 Å². The second-order valence-corrected chi connectivity index (χ2v) is 8.09. The molecule has 160 valence electrons. The molecule has 0 bridgehead atoms. The first-order chi connectivity index (χ1) is 14.2. The molecule has 0 atom stereocenters. The van der Waals surface area contributed by atoms with Crippen LogP contribution in [0.3, 0.4) is 0 Å². The largest absolute Gasteiger partial charge is 0.493 e. The van der Waals surface area contributed by atoms with Crippen LogP contribution in [0.2, 0.25) is 0 Å². The van der Waals surface area contributed by atoms with Crippen molar-refractivity contribution in [1.29, 1.82) is 0 Å². The Labute approximate surface area is 174 Å². The monoisotopic (exact) mass is 401 g/mol. The number of amides is 2. The van der Waals surface area contributed by atoms with Gasteiger partial charge in [0.15, 0.2) is 0 Å². The van der Waals surface area contributed by atoms with Gasteiger partial charge in [-0.05, 0) is 43.9 Å². The van der Waals surface area contributed by atoms with Crippen molar-refractivity contribution in [3.63, 3.8) is 0 Å². The molecule has 0 radical (unpaired) electrons. The molecule has 6 nitrogen and oxygen atoms in total. The fraction of sp³-hybridized carbons (Fsp3) is 0.652. The number of likely N-dealkylation sites (tertiary alicyclic amines) is 1. The van der Waals surface area contributed by atoms with Gasteiger partial charge < -0.3 is 19.4 Å². The molecule has 1 aromatic rings. The second-order valence-electron chi connectivity index (χ2n) is 8.09. The summed E-state index contributed by atoms with van der Waals surface area (Å²) in [6.07, 6.45) is 4.02. The number of likely N-dealkylation sites (N-methyl/N-ethyl adjacent to an activating group) is 1. The van der Waals surface area contributed by atoms with Gasteiger partial charge in [-0.25, -0.2) is 0 Å². The van der Waals surface area contributed by atoms with Crippen LogP contribution in [-0.4, -0.2) is 78.9 Å². The topological polar surface area (TPSA) is 53.1 Å². The third-order valence-corrected chi connectivity index (χ3v) is 6.23. The van der Waals surface area contributed by atoms with Crippen molar-refractivity contribution in [1.82, 2.24) is 14.7 Å². The Morgan fingerprint density at radius 2 is 1.52 bits per heavy atom. The molecular formula is C23H35N3O3. The van der Waals surface area contributed by atoms with Crippen LogP contribution in [0, 0.1) is 5.92 Å². The van der Waals surface area contributed by atoms with Gasteiger partial charge in [-0.1, -0.05) is 25.1 Å². The van der Waals surface area contributed by atoms with E-state index in [9.17, 15) is 9.59 Å². The summed E-state index contributed by atoms with van der Waals surface area (Å²) in [7, 11) is 0. The number of hydrogen-bond donors (Lipinski definition) is 0. The molecule has 0 unspecified atom stereocenters. The van der Waals surface area contributed by atoms with E-state index in [1.165, 1.54) is 0 Å². The van der Waals surface area contributed by atoms with Gasteiger partial charge in [0.2, 0.25) is 11.8 Å².